The summed E-state index contributed by atoms with van der Waals surface area (Å²) in [5.74, 6) is -1.77. The summed E-state index contributed by atoms with van der Waals surface area (Å²) in [6.07, 6.45) is 0.975. The third-order valence-electron chi connectivity index (χ3n) is 2.30. The summed E-state index contributed by atoms with van der Waals surface area (Å²) in [7, 11) is 0. The van der Waals surface area contributed by atoms with Gasteiger partial charge in [-0.2, -0.15) is 0 Å². The predicted molar refractivity (Wildman–Crippen MR) is 65.3 cm³/mol. The second-order valence-electron chi connectivity index (χ2n) is 4.40. The van der Waals surface area contributed by atoms with Crippen LogP contribution in [0.5, 0.6) is 0 Å². The number of anilines is 1. The Morgan fingerprint density at radius 1 is 1.61 bits per heavy atom. The topological polar surface area (TPSA) is 71.5 Å². The minimum absolute atomic E-state index is 0.136. The van der Waals surface area contributed by atoms with Gasteiger partial charge in [-0.05, 0) is 26.8 Å². The van der Waals surface area contributed by atoms with Crippen molar-refractivity contribution in [2.45, 2.75) is 26.4 Å². The van der Waals surface area contributed by atoms with Crippen molar-refractivity contribution in [2.75, 3.05) is 18.5 Å². The molecule has 0 bridgehead atoms. The molecule has 18 heavy (non-hydrogen) atoms. The lowest BCUT2D eigenvalue weighted by Crippen LogP contribution is -2.34. The van der Waals surface area contributed by atoms with Gasteiger partial charge in [0.15, 0.2) is 0 Å². The molecule has 0 amide bonds. The first-order chi connectivity index (χ1) is 8.35. The fourth-order valence-electron chi connectivity index (χ4n) is 1.48. The van der Waals surface area contributed by atoms with Crippen LogP contribution in [0.15, 0.2) is 12.3 Å². The van der Waals surface area contributed by atoms with Gasteiger partial charge < -0.3 is 15.2 Å². The van der Waals surface area contributed by atoms with Gasteiger partial charge in [0.25, 0.3) is 0 Å². The normalized spacial score (nSPS) is 11.3. The minimum Gasteiger partial charge on any atom is -0.478 e. The summed E-state index contributed by atoms with van der Waals surface area (Å²) in [6, 6.07) is 0.936. The number of rotatable bonds is 6. The molecule has 0 saturated carbocycles. The first-order valence-electron chi connectivity index (χ1n) is 5.62. The number of halogens is 1. The quantitative estimate of drug-likeness (QED) is 0.816. The van der Waals surface area contributed by atoms with Crippen LogP contribution in [0.4, 0.5) is 10.2 Å². The number of nitrogens with one attached hydrogen (secondary N) is 1. The minimum atomic E-state index is -1.22. The van der Waals surface area contributed by atoms with Crippen molar-refractivity contribution in [1.82, 2.24) is 4.98 Å². The lowest BCUT2D eigenvalue weighted by Gasteiger charge is -2.25. The molecule has 0 atom stereocenters. The number of aromatic carboxylic acids is 1. The van der Waals surface area contributed by atoms with Crippen LogP contribution >= 0.6 is 0 Å². The standard InChI is InChI=1S/C12H17FN2O3/c1-4-18-12(2,3)7-15-10-9(11(16)17)5-8(13)6-14-10/h5-6H,4,7H2,1-3H3,(H,14,15)(H,16,17). The fraction of sp³-hybridized carbons (Fsp3) is 0.500. The Balaban J connectivity index is 2.82. The van der Waals surface area contributed by atoms with Gasteiger partial charge in [0.2, 0.25) is 0 Å². The van der Waals surface area contributed by atoms with E-state index in [4.69, 9.17) is 9.84 Å². The third kappa shape index (κ3) is 3.96. The Kier molecular flexibility index (Phi) is 4.61. The van der Waals surface area contributed by atoms with Gasteiger partial charge in [0.1, 0.15) is 17.2 Å². The summed E-state index contributed by atoms with van der Waals surface area (Å²) < 4.78 is 18.4. The number of carboxylic acids is 1. The van der Waals surface area contributed by atoms with Crippen molar-refractivity contribution >= 4 is 11.8 Å². The zero-order valence-electron chi connectivity index (χ0n) is 10.7. The molecule has 1 heterocycles. The van der Waals surface area contributed by atoms with E-state index in [0.29, 0.717) is 13.2 Å². The summed E-state index contributed by atoms with van der Waals surface area (Å²) in [5, 5.41) is 11.8. The molecule has 0 aliphatic heterocycles. The van der Waals surface area contributed by atoms with E-state index in [0.717, 1.165) is 12.3 Å². The van der Waals surface area contributed by atoms with E-state index in [9.17, 15) is 9.18 Å². The Morgan fingerprint density at radius 3 is 2.83 bits per heavy atom. The van der Waals surface area contributed by atoms with E-state index in [1.165, 1.54) is 0 Å². The van der Waals surface area contributed by atoms with Gasteiger partial charge in [-0.1, -0.05) is 0 Å². The fourth-order valence-corrected chi connectivity index (χ4v) is 1.48. The van der Waals surface area contributed by atoms with Crippen LogP contribution in [-0.2, 0) is 4.74 Å². The number of nitrogens with zero attached hydrogens (tertiary/aromatic N) is 1. The van der Waals surface area contributed by atoms with Crippen LogP contribution in [-0.4, -0.2) is 34.8 Å². The van der Waals surface area contributed by atoms with Gasteiger partial charge in [-0.3, -0.25) is 0 Å². The van der Waals surface area contributed by atoms with E-state index < -0.39 is 17.4 Å². The molecule has 100 valence electrons. The van der Waals surface area contributed by atoms with Crippen molar-refractivity contribution in [3.05, 3.63) is 23.6 Å². The van der Waals surface area contributed by atoms with Crippen molar-refractivity contribution < 1.29 is 19.0 Å². The highest BCUT2D eigenvalue weighted by Crippen LogP contribution is 2.16. The molecule has 0 spiro atoms. The van der Waals surface area contributed by atoms with Crippen LogP contribution in [0.25, 0.3) is 0 Å². The number of hydrogen-bond donors (Lipinski definition) is 2. The zero-order valence-corrected chi connectivity index (χ0v) is 10.7. The molecule has 1 rings (SSSR count). The maximum absolute atomic E-state index is 12.9. The van der Waals surface area contributed by atoms with Crippen LogP contribution in [0.2, 0.25) is 0 Å². The molecule has 0 unspecified atom stereocenters. The van der Waals surface area contributed by atoms with Gasteiger partial charge in [-0.25, -0.2) is 14.2 Å². The first-order valence-corrected chi connectivity index (χ1v) is 5.62. The Morgan fingerprint density at radius 2 is 2.28 bits per heavy atom. The molecule has 5 nitrogen and oxygen atoms in total. The Hall–Kier alpha value is -1.69. The van der Waals surface area contributed by atoms with Gasteiger partial charge in [0, 0.05) is 13.2 Å². The predicted octanol–water partition coefficient (Wildman–Crippen LogP) is 2.15. The number of carboxylic acid groups (broad SMARTS) is 1. The van der Waals surface area contributed by atoms with E-state index in [-0.39, 0.29) is 11.4 Å². The molecular weight excluding hydrogens is 239 g/mol. The molecular formula is C12H17FN2O3. The lowest BCUT2D eigenvalue weighted by molar-refractivity contribution is 0.000601. The summed E-state index contributed by atoms with van der Waals surface area (Å²) in [6.45, 7) is 6.54. The SMILES string of the molecule is CCOC(C)(C)CNc1ncc(F)cc1C(=O)O. The maximum atomic E-state index is 12.9. The maximum Gasteiger partial charge on any atom is 0.339 e. The van der Waals surface area contributed by atoms with Crippen LogP contribution in [0, 0.1) is 5.82 Å². The van der Waals surface area contributed by atoms with E-state index in [2.05, 4.69) is 10.3 Å². The molecule has 1 aromatic heterocycles. The summed E-state index contributed by atoms with van der Waals surface area (Å²) in [4.78, 5) is 14.7. The summed E-state index contributed by atoms with van der Waals surface area (Å²) >= 11 is 0. The van der Waals surface area contributed by atoms with Crippen molar-refractivity contribution in [1.29, 1.82) is 0 Å². The third-order valence-corrected chi connectivity index (χ3v) is 2.30. The van der Waals surface area contributed by atoms with E-state index in [1.807, 2.05) is 20.8 Å². The van der Waals surface area contributed by atoms with Gasteiger partial charge in [0.05, 0.1) is 11.8 Å². The monoisotopic (exact) mass is 256 g/mol. The molecule has 1 aromatic rings. The first kappa shape index (κ1) is 14.4. The molecule has 0 aliphatic carbocycles. The summed E-state index contributed by atoms with van der Waals surface area (Å²) in [5.41, 5.74) is -0.650. The van der Waals surface area contributed by atoms with Crippen LogP contribution in [0.1, 0.15) is 31.1 Å². The zero-order chi connectivity index (χ0) is 13.8. The van der Waals surface area contributed by atoms with E-state index >= 15 is 0 Å². The molecule has 6 heteroatoms. The number of carbonyl (C=O) groups is 1. The highest BCUT2D eigenvalue weighted by Gasteiger charge is 2.19. The van der Waals surface area contributed by atoms with Gasteiger partial charge in [-0.15, -0.1) is 0 Å². The second kappa shape index (κ2) is 5.77. The molecule has 0 aliphatic rings. The van der Waals surface area contributed by atoms with Crippen molar-refractivity contribution in [3.63, 3.8) is 0 Å². The van der Waals surface area contributed by atoms with E-state index in [1.54, 1.807) is 0 Å². The van der Waals surface area contributed by atoms with Gasteiger partial charge >= 0.3 is 5.97 Å². The van der Waals surface area contributed by atoms with Crippen LogP contribution < -0.4 is 5.32 Å². The highest BCUT2D eigenvalue weighted by atomic mass is 19.1. The number of hydrogen-bond acceptors (Lipinski definition) is 4. The Bertz CT molecular complexity index is 435. The van der Waals surface area contributed by atoms with Crippen molar-refractivity contribution in [2.24, 2.45) is 0 Å². The molecule has 0 aromatic carbocycles. The van der Waals surface area contributed by atoms with Crippen molar-refractivity contribution in [3.8, 4) is 0 Å². The number of pyridine rings is 1. The average Bonchev–Trinajstić information content (AvgIpc) is 2.27. The van der Waals surface area contributed by atoms with Crippen LogP contribution in [0.3, 0.4) is 0 Å². The Labute approximate surface area is 105 Å². The highest BCUT2D eigenvalue weighted by molar-refractivity contribution is 5.93. The average molecular weight is 256 g/mol. The molecule has 0 fully saturated rings. The smallest absolute Gasteiger partial charge is 0.339 e. The molecule has 0 radical (unpaired) electrons. The largest absolute Gasteiger partial charge is 0.478 e. The number of aromatic nitrogens is 1. The lowest BCUT2D eigenvalue weighted by atomic mass is 10.1. The number of ether oxygens (including phenoxy) is 1. The molecule has 2 N–H and O–H groups in total. The molecule has 0 saturated heterocycles. The second-order valence-corrected chi connectivity index (χ2v) is 4.40.